The van der Waals surface area contributed by atoms with Crippen molar-refractivity contribution in [1.29, 1.82) is 0 Å². The van der Waals surface area contributed by atoms with E-state index in [1.165, 1.54) is 22.5 Å². The largest absolute Gasteiger partial charge is 0.493 e. The van der Waals surface area contributed by atoms with E-state index in [2.05, 4.69) is 26.0 Å². The van der Waals surface area contributed by atoms with Crippen LogP contribution in [-0.2, 0) is 0 Å². The number of anilines is 1. The van der Waals surface area contributed by atoms with E-state index >= 15 is 0 Å². The summed E-state index contributed by atoms with van der Waals surface area (Å²) in [5.74, 6) is 0.805. The molecule has 1 amide bonds. The van der Waals surface area contributed by atoms with Gasteiger partial charge in [-0.2, -0.15) is 0 Å². The summed E-state index contributed by atoms with van der Waals surface area (Å²) in [7, 11) is 7.08. The van der Waals surface area contributed by atoms with Crippen LogP contribution < -0.4 is 14.4 Å². The number of hydrogen-bond acceptors (Lipinski definition) is 6. The summed E-state index contributed by atoms with van der Waals surface area (Å²) in [6.45, 7) is 5.39. The number of thiazole rings is 1. The molecule has 0 atom stereocenters. The highest BCUT2D eigenvalue weighted by atomic mass is 35.5. The topological polar surface area (TPSA) is 54.9 Å². The van der Waals surface area contributed by atoms with Crippen LogP contribution in [0.1, 0.15) is 21.5 Å². The third kappa shape index (κ3) is 4.86. The SMILES string of the molecule is COc1cccc(C(=O)N(CCN(C)C)c2nc3cc(C)c(C)cc3s2)c1OC.Cl. The summed E-state index contributed by atoms with van der Waals surface area (Å²) in [6, 6.07) is 9.54. The first kappa shape index (κ1) is 23.9. The first-order valence-corrected chi connectivity index (χ1v) is 10.2. The number of fused-ring (bicyclic) bond motifs is 1. The van der Waals surface area contributed by atoms with Gasteiger partial charge in [0.25, 0.3) is 5.91 Å². The molecule has 162 valence electrons. The van der Waals surface area contributed by atoms with Crippen molar-refractivity contribution < 1.29 is 14.3 Å². The molecular weight excluding hydrogens is 422 g/mol. The minimum Gasteiger partial charge on any atom is -0.493 e. The molecule has 1 aromatic heterocycles. The number of aryl methyl sites for hydroxylation is 2. The predicted molar refractivity (Wildman–Crippen MR) is 126 cm³/mol. The molecule has 30 heavy (non-hydrogen) atoms. The zero-order valence-electron chi connectivity index (χ0n) is 18.2. The molecule has 0 spiro atoms. The average molecular weight is 450 g/mol. The van der Waals surface area contributed by atoms with Crippen molar-refractivity contribution in [1.82, 2.24) is 9.88 Å². The van der Waals surface area contributed by atoms with Gasteiger partial charge in [0, 0.05) is 13.1 Å². The number of para-hydroxylation sites is 1. The summed E-state index contributed by atoms with van der Waals surface area (Å²) >= 11 is 1.53. The number of likely N-dealkylation sites (N-methyl/N-ethyl adjacent to an activating group) is 1. The minimum absolute atomic E-state index is 0. The van der Waals surface area contributed by atoms with Gasteiger partial charge >= 0.3 is 0 Å². The van der Waals surface area contributed by atoms with Gasteiger partial charge in [-0.25, -0.2) is 4.98 Å². The van der Waals surface area contributed by atoms with Gasteiger partial charge in [0.15, 0.2) is 16.6 Å². The molecule has 0 saturated carbocycles. The Morgan fingerprint density at radius 3 is 2.40 bits per heavy atom. The Morgan fingerprint density at radius 2 is 1.77 bits per heavy atom. The molecule has 2 aromatic carbocycles. The molecule has 0 aliphatic heterocycles. The minimum atomic E-state index is -0.157. The molecule has 0 aliphatic rings. The Labute approximate surface area is 187 Å². The highest BCUT2D eigenvalue weighted by Crippen LogP contribution is 2.35. The normalized spacial score (nSPS) is 10.8. The maximum atomic E-state index is 13.6. The number of ether oxygens (including phenoxy) is 2. The molecule has 3 rings (SSSR count). The van der Waals surface area contributed by atoms with Crippen molar-refractivity contribution in [2.75, 3.05) is 46.3 Å². The second-order valence-electron chi connectivity index (χ2n) is 7.20. The Balaban J connectivity index is 0.00000320. The lowest BCUT2D eigenvalue weighted by atomic mass is 10.1. The number of aromatic nitrogens is 1. The third-order valence-corrected chi connectivity index (χ3v) is 5.91. The second kappa shape index (κ2) is 10.1. The fourth-order valence-electron chi connectivity index (χ4n) is 3.07. The van der Waals surface area contributed by atoms with Gasteiger partial charge in [0.2, 0.25) is 0 Å². The van der Waals surface area contributed by atoms with Crippen molar-refractivity contribution in [3.05, 3.63) is 47.0 Å². The summed E-state index contributed by atoms with van der Waals surface area (Å²) in [4.78, 5) is 22.1. The van der Waals surface area contributed by atoms with Crippen LogP contribution in [0, 0.1) is 13.8 Å². The molecule has 0 unspecified atom stereocenters. The molecule has 0 N–H and O–H groups in total. The third-order valence-electron chi connectivity index (χ3n) is 4.87. The van der Waals surface area contributed by atoms with Gasteiger partial charge in [-0.05, 0) is 63.3 Å². The van der Waals surface area contributed by atoms with E-state index in [4.69, 9.17) is 14.5 Å². The Hall–Kier alpha value is -2.35. The fraction of sp³-hybridized carbons (Fsp3) is 0.364. The summed E-state index contributed by atoms with van der Waals surface area (Å²) in [5.41, 5.74) is 3.77. The number of carbonyl (C=O) groups is 1. The van der Waals surface area contributed by atoms with Crippen LogP contribution >= 0.6 is 23.7 Å². The first-order valence-electron chi connectivity index (χ1n) is 9.41. The zero-order valence-corrected chi connectivity index (χ0v) is 19.8. The van der Waals surface area contributed by atoms with Crippen LogP contribution in [0.5, 0.6) is 11.5 Å². The van der Waals surface area contributed by atoms with Crippen LogP contribution in [0.3, 0.4) is 0 Å². The molecule has 0 bridgehead atoms. The van der Waals surface area contributed by atoms with Crippen LogP contribution in [0.15, 0.2) is 30.3 Å². The first-order chi connectivity index (χ1) is 13.8. The van der Waals surface area contributed by atoms with Gasteiger partial charge in [-0.3, -0.25) is 9.69 Å². The maximum Gasteiger partial charge on any atom is 0.264 e. The Bertz CT molecular complexity index is 997. The number of amides is 1. The van der Waals surface area contributed by atoms with Gasteiger partial charge < -0.3 is 14.4 Å². The van der Waals surface area contributed by atoms with Crippen molar-refractivity contribution in [3.8, 4) is 11.5 Å². The molecule has 3 aromatic rings. The predicted octanol–water partition coefficient (Wildman–Crippen LogP) is 4.56. The number of halogens is 1. The van der Waals surface area contributed by atoms with Crippen LogP contribution in [0.25, 0.3) is 10.2 Å². The van der Waals surface area contributed by atoms with Gasteiger partial charge in [0.1, 0.15) is 0 Å². The molecule has 0 aliphatic carbocycles. The van der Waals surface area contributed by atoms with E-state index < -0.39 is 0 Å². The van der Waals surface area contributed by atoms with E-state index in [9.17, 15) is 4.79 Å². The van der Waals surface area contributed by atoms with Crippen molar-refractivity contribution in [3.63, 3.8) is 0 Å². The quantitative estimate of drug-likeness (QED) is 0.529. The smallest absolute Gasteiger partial charge is 0.264 e. The van der Waals surface area contributed by atoms with Crippen LogP contribution in [-0.4, -0.2) is 57.2 Å². The van der Waals surface area contributed by atoms with Crippen molar-refractivity contribution >= 4 is 45.0 Å². The molecule has 0 saturated heterocycles. The number of carbonyl (C=O) groups excluding carboxylic acids is 1. The summed E-state index contributed by atoms with van der Waals surface area (Å²) in [5, 5.41) is 0.682. The highest BCUT2D eigenvalue weighted by molar-refractivity contribution is 7.22. The molecular formula is C22H28ClN3O3S. The number of hydrogen-bond donors (Lipinski definition) is 0. The molecule has 0 radical (unpaired) electrons. The van der Waals surface area contributed by atoms with Gasteiger partial charge in [0.05, 0.1) is 30.0 Å². The van der Waals surface area contributed by atoms with E-state index in [-0.39, 0.29) is 18.3 Å². The summed E-state index contributed by atoms with van der Waals surface area (Å²) in [6.07, 6.45) is 0. The second-order valence-corrected chi connectivity index (χ2v) is 8.21. The van der Waals surface area contributed by atoms with Crippen LogP contribution in [0.2, 0.25) is 0 Å². The van der Waals surface area contributed by atoms with E-state index in [1.54, 1.807) is 37.3 Å². The van der Waals surface area contributed by atoms with Gasteiger partial charge in [-0.15, -0.1) is 12.4 Å². The Kier molecular flexibility index (Phi) is 8.06. The maximum absolute atomic E-state index is 13.6. The molecule has 8 heteroatoms. The van der Waals surface area contributed by atoms with Crippen LogP contribution in [0.4, 0.5) is 5.13 Å². The number of benzene rings is 2. The molecule has 0 fully saturated rings. The number of rotatable bonds is 7. The highest BCUT2D eigenvalue weighted by Gasteiger charge is 2.25. The van der Waals surface area contributed by atoms with Gasteiger partial charge in [-0.1, -0.05) is 17.4 Å². The zero-order chi connectivity index (χ0) is 21.1. The van der Waals surface area contributed by atoms with E-state index in [1.807, 2.05) is 19.0 Å². The average Bonchev–Trinajstić information content (AvgIpc) is 3.09. The van der Waals surface area contributed by atoms with Crippen molar-refractivity contribution in [2.45, 2.75) is 13.8 Å². The molecule has 1 heterocycles. The Morgan fingerprint density at radius 1 is 1.07 bits per heavy atom. The monoisotopic (exact) mass is 449 g/mol. The lowest BCUT2D eigenvalue weighted by molar-refractivity contribution is 0.0981. The standard InChI is InChI=1S/C22H27N3O3S.ClH/c1-14-12-17-19(13-15(14)2)29-22(23-17)25(11-10-24(3)4)21(26)16-8-7-9-18(27-5)20(16)28-6;/h7-9,12-13H,10-11H2,1-6H3;1H. The lowest BCUT2D eigenvalue weighted by Crippen LogP contribution is -2.37. The molecule has 6 nitrogen and oxygen atoms in total. The van der Waals surface area contributed by atoms with E-state index in [0.29, 0.717) is 35.3 Å². The summed E-state index contributed by atoms with van der Waals surface area (Å²) < 4.78 is 11.9. The lowest BCUT2D eigenvalue weighted by Gasteiger charge is -2.23. The van der Waals surface area contributed by atoms with Crippen molar-refractivity contribution in [2.24, 2.45) is 0 Å². The van der Waals surface area contributed by atoms with E-state index in [0.717, 1.165) is 10.2 Å². The number of nitrogens with zero attached hydrogens (tertiary/aromatic N) is 3. The number of methoxy groups -OCH3 is 2. The fourth-order valence-corrected chi connectivity index (χ4v) is 4.14.